The SMILES string of the molecule is CC(O)C(C(=O)S)C(C)O. The average molecular weight is 164 g/mol. The molecule has 0 aliphatic rings. The van der Waals surface area contributed by atoms with Crippen LogP contribution in [0.1, 0.15) is 13.8 Å². The number of thiol groups is 1. The maximum Gasteiger partial charge on any atom is 0.194 e. The summed E-state index contributed by atoms with van der Waals surface area (Å²) >= 11 is 3.51. The molecule has 0 saturated carbocycles. The molecular formula is C6H12O3S. The van der Waals surface area contributed by atoms with Crippen LogP contribution >= 0.6 is 12.6 Å². The van der Waals surface area contributed by atoms with E-state index in [1.165, 1.54) is 13.8 Å². The van der Waals surface area contributed by atoms with Crippen LogP contribution in [0.3, 0.4) is 0 Å². The Kier molecular flexibility index (Phi) is 3.93. The Hall–Kier alpha value is -0.0600. The number of carbonyl (C=O) groups is 1. The first-order chi connectivity index (χ1) is 4.46. The van der Waals surface area contributed by atoms with Gasteiger partial charge in [-0.2, -0.15) is 0 Å². The van der Waals surface area contributed by atoms with Gasteiger partial charge in [0.05, 0.1) is 18.1 Å². The van der Waals surface area contributed by atoms with E-state index >= 15 is 0 Å². The molecule has 0 aromatic heterocycles. The summed E-state index contributed by atoms with van der Waals surface area (Å²) in [5.41, 5.74) is 0. The molecular weight excluding hydrogens is 152 g/mol. The first-order valence-corrected chi connectivity index (χ1v) is 3.50. The van der Waals surface area contributed by atoms with Crippen molar-refractivity contribution in [2.45, 2.75) is 26.1 Å². The summed E-state index contributed by atoms with van der Waals surface area (Å²) < 4.78 is 0. The average Bonchev–Trinajstić information content (AvgIpc) is 1.59. The molecule has 0 aromatic rings. The molecule has 0 amide bonds. The Morgan fingerprint density at radius 3 is 1.60 bits per heavy atom. The number of aliphatic hydroxyl groups is 2. The molecule has 3 nitrogen and oxygen atoms in total. The standard InChI is InChI=1S/C6H12O3S/c1-3(7)5(4(2)8)6(9)10/h3-5,7-8H,1-2H3,(H,9,10). The predicted molar refractivity (Wildman–Crippen MR) is 40.8 cm³/mol. The highest BCUT2D eigenvalue weighted by Gasteiger charge is 2.25. The van der Waals surface area contributed by atoms with E-state index in [0.717, 1.165) is 0 Å². The Labute approximate surface area is 65.5 Å². The quantitative estimate of drug-likeness (QED) is 0.507. The molecule has 0 aliphatic heterocycles. The first kappa shape index (κ1) is 9.94. The van der Waals surface area contributed by atoms with Crippen LogP contribution in [-0.2, 0) is 4.79 Å². The zero-order valence-corrected chi connectivity index (χ0v) is 6.88. The molecule has 0 spiro atoms. The van der Waals surface area contributed by atoms with Crippen LogP contribution < -0.4 is 0 Å². The number of hydrogen-bond acceptors (Lipinski definition) is 3. The highest BCUT2D eigenvalue weighted by Crippen LogP contribution is 2.12. The normalized spacial score (nSPS) is 19.7. The monoisotopic (exact) mass is 164 g/mol. The molecule has 10 heavy (non-hydrogen) atoms. The Morgan fingerprint density at radius 1 is 1.30 bits per heavy atom. The predicted octanol–water partition coefficient (Wildman–Crippen LogP) is -0.179. The van der Waals surface area contributed by atoms with Gasteiger partial charge in [0.15, 0.2) is 5.12 Å². The van der Waals surface area contributed by atoms with Crippen molar-refractivity contribution in [1.29, 1.82) is 0 Å². The molecule has 2 unspecified atom stereocenters. The summed E-state index contributed by atoms with van der Waals surface area (Å²) in [6.45, 7) is 2.90. The van der Waals surface area contributed by atoms with Gasteiger partial charge in [-0.3, -0.25) is 4.79 Å². The van der Waals surface area contributed by atoms with Gasteiger partial charge in [0.25, 0.3) is 0 Å². The van der Waals surface area contributed by atoms with E-state index in [1.807, 2.05) is 0 Å². The Morgan fingerprint density at radius 2 is 1.60 bits per heavy atom. The second-order valence-corrected chi connectivity index (χ2v) is 2.79. The van der Waals surface area contributed by atoms with Gasteiger partial charge in [-0.1, -0.05) is 0 Å². The van der Waals surface area contributed by atoms with E-state index in [2.05, 4.69) is 12.6 Å². The fourth-order valence-corrected chi connectivity index (χ4v) is 1.25. The van der Waals surface area contributed by atoms with Crippen LogP contribution in [0.15, 0.2) is 0 Å². The summed E-state index contributed by atoms with van der Waals surface area (Å²) in [5, 5.41) is 17.4. The first-order valence-electron chi connectivity index (χ1n) is 3.05. The van der Waals surface area contributed by atoms with E-state index in [-0.39, 0.29) is 0 Å². The summed E-state index contributed by atoms with van der Waals surface area (Å²) in [5.74, 6) is -0.775. The van der Waals surface area contributed by atoms with Crippen LogP contribution in [0.5, 0.6) is 0 Å². The third kappa shape index (κ3) is 2.68. The molecule has 60 valence electrons. The second kappa shape index (κ2) is 3.95. The van der Waals surface area contributed by atoms with Crippen molar-refractivity contribution in [3.63, 3.8) is 0 Å². The summed E-state index contributed by atoms with van der Waals surface area (Å²) in [6.07, 6.45) is -1.69. The fraction of sp³-hybridized carbons (Fsp3) is 0.833. The molecule has 0 radical (unpaired) electrons. The third-order valence-corrected chi connectivity index (χ3v) is 1.62. The maximum atomic E-state index is 10.6. The minimum Gasteiger partial charge on any atom is -0.393 e. The van der Waals surface area contributed by atoms with Crippen LogP contribution in [-0.4, -0.2) is 27.5 Å². The number of rotatable bonds is 3. The number of aliphatic hydroxyl groups excluding tert-OH is 2. The molecule has 0 aliphatic carbocycles. The van der Waals surface area contributed by atoms with Gasteiger partial charge in [0, 0.05) is 0 Å². The summed E-state index contributed by atoms with van der Waals surface area (Å²) in [7, 11) is 0. The molecule has 2 N–H and O–H groups in total. The van der Waals surface area contributed by atoms with Gasteiger partial charge in [-0.15, -0.1) is 12.6 Å². The fourth-order valence-electron chi connectivity index (χ4n) is 0.816. The molecule has 2 atom stereocenters. The minimum absolute atomic E-state index is 0.481. The molecule has 0 bridgehead atoms. The molecule has 0 heterocycles. The largest absolute Gasteiger partial charge is 0.393 e. The zero-order valence-electron chi connectivity index (χ0n) is 5.98. The van der Waals surface area contributed by atoms with Crippen molar-refractivity contribution in [3.05, 3.63) is 0 Å². The molecule has 0 fully saturated rings. The van der Waals surface area contributed by atoms with Gasteiger partial charge in [0.2, 0.25) is 0 Å². The van der Waals surface area contributed by atoms with Crippen LogP contribution in [0.2, 0.25) is 0 Å². The smallest absolute Gasteiger partial charge is 0.194 e. The molecule has 0 rings (SSSR count). The lowest BCUT2D eigenvalue weighted by molar-refractivity contribution is -0.121. The Balaban J connectivity index is 4.12. The lowest BCUT2D eigenvalue weighted by atomic mass is 10.00. The summed E-state index contributed by atoms with van der Waals surface area (Å²) in [6, 6.07) is 0. The molecule has 0 aromatic carbocycles. The van der Waals surface area contributed by atoms with Gasteiger partial charge in [0.1, 0.15) is 0 Å². The van der Waals surface area contributed by atoms with Gasteiger partial charge >= 0.3 is 0 Å². The highest BCUT2D eigenvalue weighted by atomic mass is 32.1. The van der Waals surface area contributed by atoms with E-state index in [1.54, 1.807) is 0 Å². The Bertz CT molecular complexity index is 114. The third-order valence-electron chi connectivity index (χ3n) is 1.32. The number of carbonyl (C=O) groups excluding carboxylic acids is 1. The van der Waals surface area contributed by atoms with Crippen molar-refractivity contribution >= 4 is 17.7 Å². The maximum absolute atomic E-state index is 10.6. The highest BCUT2D eigenvalue weighted by molar-refractivity contribution is 7.96. The van der Waals surface area contributed by atoms with Crippen molar-refractivity contribution in [3.8, 4) is 0 Å². The topological polar surface area (TPSA) is 57.5 Å². The van der Waals surface area contributed by atoms with Crippen molar-refractivity contribution in [2.75, 3.05) is 0 Å². The van der Waals surface area contributed by atoms with Crippen molar-refractivity contribution < 1.29 is 15.0 Å². The molecule has 0 saturated heterocycles. The van der Waals surface area contributed by atoms with Gasteiger partial charge in [-0.05, 0) is 13.8 Å². The zero-order chi connectivity index (χ0) is 8.31. The van der Waals surface area contributed by atoms with Crippen LogP contribution in [0.25, 0.3) is 0 Å². The van der Waals surface area contributed by atoms with Crippen molar-refractivity contribution in [1.82, 2.24) is 0 Å². The lowest BCUT2D eigenvalue weighted by Crippen LogP contribution is -2.32. The minimum atomic E-state index is -0.843. The van der Waals surface area contributed by atoms with Crippen LogP contribution in [0.4, 0.5) is 0 Å². The van der Waals surface area contributed by atoms with Crippen LogP contribution in [0, 0.1) is 5.92 Å². The van der Waals surface area contributed by atoms with E-state index in [9.17, 15) is 4.79 Å². The van der Waals surface area contributed by atoms with E-state index in [4.69, 9.17) is 10.2 Å². The second-order valence-electron chi connectivity index (χ2n) is 2.35. The van der Waals surface area contributed by atoms with Gasteiger partial charge < -0.3 is 10.2 Å². The van der Waals surface area contributed by atoms with Crippen molar-refractivity contribution in [2.24, 2.45) is 5.92 Å². The number of hydrogen-bond donors (Lipinski definition) is 3. The summed E-state index contributed by atoms with van der Waals surface area (Å²) in [4.78, 5) is 10.6. The molecule has 4 heteroatoms. The van der Waals surface area contributed by atoms with E-state index in [0.29, 0.717) is 0 Å². The van der Waals surface area contributed by atoms with E-state index < -0.39 is 23.2 Å². The lowest BCUT2D eigenvalue weighted by Gasteiger charge is -2.18. The van der Waals surface area contributed by atoms with Gasteiger partial charge in [-0.25, -0.2) is 0 Å².